The Morgan fingerprint density at radius 3 is 2.63 bits per heavy atom. The molecule has 0 radical (unpaired) electrons. The first-order chi connectivity index (χ1) is 13.2. The van der Waals surface area contributed by atoms with Crippen molar-refractivity contribution in [1.82, 2.24) is 15.5 Å². The zero-order valence-electron chi connectivity index (χ0n) is 15.8. The Labute approximate surface area is 160 Å². The average Bonchev–Trinajstić information content (AvgIpc) is 3.17. The van der Waals surface area contributed by atoms with Crippen LogP contribution in [0, 0.1) is 0 Å². The normalized spacial score (nSPS) is 21.9. The molecule has 2 fully saturated rings. The number of nitrogens with zero attached hydrogens (tertiary/aromatic N) is 3. The number of carbonyl (C=O) groups is 1. The first kappa shape index (κ1) is 18.4. The van der Waals surface area contributed by atoms with Gasteiger partial charge in [0.05, 0.1) is 13.2 Å². The lowest BCUT2D eigenvalue weighted by atomic mass is 9.97. The topological polar surface area (TPSA) is 76.6 Å². The van der Waals surface area contributed by atoms with Crippen LogP contribution < -0.4 is 10.2 Å². The molecule has 1 aromatic rings. The number of allylic oxidation sites excluding steroid dienone is 1. The number of hydrogen-bond donors (Lipinski definition) is 1. The molecule has 0 unspecified atom stereocenters. The van der Waals surface area contributed by atoms with Crippen LogP contribution in [0.2, 0.25) is 0 Å². The van der Waals surface area contributed by atoms with Gasteiger partial charge in [-0.3, -0.25) is 4.79 Å². The molecule has 1 amide bonds. The lowest BCUT2D eigenvalue weighted by Gasteiger charge is -2.37. The van der Waals surface area contributed by atoms with Gasteiger partial charge < -0.3 is 19.7 Å². The second kappa shape index (κ2) is 8.35. The maximum Gasteiger partial charge on any atom is 0.271 e. The predicted molar refractivity (Wildman–Crippen MR) is 102 cm³/mol. The summed E-state index contributed by atoms with van der Waals surface area (Å²) in [4.78, 5) is 14.4. The number of rotatable bonds is 5. The van der Waals surface area contributed by atoms with Gasteiger partial charge >= 0.3 is 0 Å². The number of piperidine rings is 1. The molecule has 1 aliphatic carbocycles. The van der Waals surface area contributed by atoms with Crippen LogP contribution in [0.5, 0.6) is 0 Å². The Hall–Kier alpha value is -1.99. The van der Waals surface area contributed by atoms with Crippen molar-refractivity contribution < 1.29 is 14.3 Å². The first-order valence-corrected chi connectivity index (χ1v) is 10.1. The van der Waals surface area contributed by atoms with E-state index in [1.54, 1.807) is 6.07 Å². The predicted octanol–water partition coefficient (Wildman–Crippen LogP) is 2.44. The third-order valence-corrected chi connectivity index (χ3v) is 5.66. The van der Waals surface area contributed by atoms with Crippen LogP contribution in [0.1, 0.15) is 55.4 Å². The monoisotopic (exact) mass is 372 g/mol. The highest BCUT2D eigenvalue weighted by Crippen LogP contribution is 2.32. The first-order valence-electron chi connectivity index (χ1n) is 10.1. The summed E-state index contributed by atoms with van der Waals surface area (Å²) in [5, 5.41) is 11.3. The van der Waals surface area contributed by atoms with E-state index in [2.05, 4.69) is 26.5 Å². The fourth-order valence-corrected chi connectivity index (χ4v) is 4.04. The van der Waals surface area contributed by atoms with E-state index in [9.17, 15) is 4.79 Å². The maximum atomic E-state index is 12.3. The maximum absolute atomic E-state index is 12.3. The van der Waals surface area contributed by atoms with Crippen LogP contribution in [0.3, 0.4) is 0 Å². The van der Waals surface area contributed by atoms with Gasteiger partial charge in [-0.1, -0.05) is 11.6 Å². The zero-order valence-corrected chi connectivity index (χ0v) is 15.8. The van der Waals surface area contributed by atoms with Crippen molar-refractivity contribution >= 4 is 11.7 Å². The number of hydrogen-bond acceptors (Lipinski definition) is 6. The fourth-order valence-electron chi connectivity index (χ4n) is 4.04. The lowest BCUT2D eigenvalue weighted by molar-refractivity contribution is -0.169. The number of aromatic nitrogens is 2. The minimum absolute atomic E-state index is 0.157. The molecule has 1 aromatic heterocycles. The third kappa shape index (κ3) is 4.47. The highest BCUT2D eigenvalue weighted by atomic mass is 16.7. The molecule has 0 bridgehead atoms. The van der Waals surface area contributed by atoms with Crippen LogP contribution in [-0.2, 0) is 9.47 Å². The number of ether oxygens (including phenoxy) is 2. The summed E-state index contributed by atoms with van der Waals surface area (Å²) in [5.74, 6) is 0.250. The van der Waals surface area contributed by atoms with Crippen molar-refractivity contribution in [3.05, 3.63) is 29.5 Å². The average molecular weight is 372 g/mol. The zero-order chi connectivity index (χ0) is 18.5. The second-order valence-corrected chi connectivity index (χ2v) is 7.49. The largest absolute Gasteiger partial charge is 0.355 e. The van der Waals surface area contributed by atoms with E-state index < -0.39 is 5.79 Å². The molecule has 1 spiro atoms. The van der Waals surface area contributed by atoms with E-state index in [0.717, 1.165) is 44.6 Å². The Kier molecular flexibility index (Phi) is 5.69. The number of nitrogens with one attached hydrogen (secondary N) is 1. The van der Waals surface area contributed by atoms with Crippen molar-refractivity contribution in [2.24, 2.45) is 0 Å². The summed E-state index contributed by atoms with van der Waals surface area (Å²) < 4.78 is 11.5. The van der Waals surface area contributed by atoms with Gasteiger partial charge in [-0.2, -0.15) is 0 Å². The van der Waals surface area contributed by atoms with Gasteiger partial charge in [0, 0.05) is 32.5 Å². The highest BCUT2D eigenvalue weighted by molar-refractivity contribution is 5.92. The molecule has 4 rings (SSSR count). The van der Waals surface area contributed by atoms with Crippen LogP contribution >= 0.6 is 0 Å². The van der Waals surface area contributed by atoms with Crippen molar-refractivity contribution in [3.63, 3.8) is 0 Å². The molecular weight excluding hydrogens is 344 g/mol. The minimum Gasteiger partial charge on any atom is -0.355 e. The molecule has 0 atom stereocenters. The Morgan fingerprint density at radius 2 is 1.96 bits per heavy atom. The van der Waals surface area contributed by atoms with Crippen molar-refractivity contribution in [1.29, 1.82) is 0 Å². The summed E-state index contributed by atoms with van der Waals surface area (Å²) in [6.07, 6.45) is 9.78. The van der Waals surface area contributed by atoms with Gasteiger partial charge in [0.15, 0.2) is 17.3 Å². The van der Waals surface area contributed by atoms with Crippen molar-refractivity contribution in [3.8, 4) is 0 Å². The van der Waals surface area contributed by atoms with Crippen molar-refractivity contribution in [2.45, 2.75) is 50.7 Å². The van der Waals surface area contributed by atoms with Gasteiger partial charge in [0.25, 0.3) is 5.91 Å². The Bertz CT molecular complexity index is 673. The molecule has 0 aromatic carbocycles. The fraction of sp³-hybridized carbons (Fsp3) is 0.650. The van der Waals surface area contributed by atoms with Gasteiger partial charge in [-0.15, -0.1) is 10.2 Å². The number of anilines is 1. The smallest absolute Gasteiger partial charge is 0.271 e. The molecular formula is C20H28N4O3. The molecule has 3 heterocycles. The van der Waals surface area contributed by atoms with Crippen LogP contribution in [0.15, 0.2) is 23.8 Å². The Balaban J connectivity index is 1.26. The number of carbonyl (C=O) groups excluding carboxylic acids is 1. The second-order valence-electron chi connectivity index (χ2n) is 7.49. The Morgan fingerprint density at radius 1 is 1.15 bits per heavy atom. The summed E-state index contributed by atoms with van der Waals surface area (Å²) in [5.41, 5.74) is 1.83. The third-order valence-electron chi connectivity index (χ3n) is 5.66. The molecule has 0 saturated carbocycles. The quantitative estimate of drug-likeness (QED) is 0.800. The summed E-state index contributed by atoms with van der Waals surface area (Å²) in [6.45, 7) is 3.65. The van der Waals surface area contributed by atoms with Gasteiger partial charge in [0.2, 0.25) is 0 Å². The van der Waals surface area contributed by atoms with Gasteiger partial charge in [-0.25, -0.2) is 0 Å². The van der Waals surface area contributed by atoms with E-state index in [0.29, 0.717) is 25.5 Å². The summed E-state index contributed by atoms with van der Waals surface area (Å²) in [7, 11) is 0. The molecule has 1 N–H and O–H groups in total. The minimum atomic E-state index is -0.391. The van der Waals surface area contributed by atoms with E-state index in [4.69, 9.17) is 9.47 Å². The van der Waals surface area contributed by atoms with Gasteiger partial charge in [-0.05, 0) is 44.2 Å². The molecule has 7 heteroatoms. The molecule has 2 aliphatic heterocycles. The molecule has 27 heavy (non-hydrogen) atoms. The SMILES string of the molecule is O=C(NCCC1=CCCCC1)c1ccc(N2CCC3(CC2)OCCO3)nn1. The molecule has 3 aliphatic rings. The summed E-state index contributed by atoms with van der Waals surface area (Å²) >= 11 is 0. The van der Waals surface area contributed by atoms with Crippen molar-refractivity contribution in [2.75, 3.05) is 37.7 Å². The van der Waals surface area contributed by atoms with E-state index in [-0.39, 0.29) is 5.91 Å². The van der Waals surface area contributed by atoms with Crippen LogP contribution in [0.25, 0.3) is 0 Å². The number of amides is 1. The molecule has 2 saturated heterocycles. The van der Waals surface area contributed by atoms with E-state index >= 15 is 0 Å². The van der Waals surface area contributed by atoms with Crippen LogP contribution in [0.4, 0.5) is 5.82 Å². The van der Waals surface area contributed by atoms with Crippen LogP contribution in [-0.4, -0.2) is 54.7 Å². The molecule has 7 nitrogen and oxygen atoms in total. The van der Waals surface area contributed by atoms with E-state index in [1.165, 1.54) is 24.8 Å². The lowest BCUT2D eigenvalue weighted by Crippen LogP contribution is -2.45. The highest BCUT2D eigenvalue weighted by Gasteiger charge is 2.40. The van der Waals surface area contributed by atoms with E-state index in [1.807, 2.05) is 6.07 Å². The standard InChI is InChI=1S/C20H28N4O3/c25-19(21-11-8-16-4-2-1-3-5-16)17-6-7-18(23-22-17)24-12-9-20(10-13-24)26-14-15-27-20/h4,6-7H,1-3,5,8-15H2,(H,21,25). The molecule has 146 valence electrons. The summed E-state index contributed by atoms with van der Waals surface area (Å²) in [6, 6.07) is 3.63. The van der Waals surface area contributed by atoms with Gasteiger partial charge in [0.1, 0.15) is 0 Å².